The molecule has 2 N–H and O–H groups in total. The molecule has 1 heterocycles. The van der Waals surface area contributed by atoms with E-state index >= 15 is 0 Å². The Morgan fingerprint density at radius 2 is 1.81 bits per heavy atom. The Morgan fingerprint density at radius 3 is 2.29 bits per heavy atom. The molecule has 1 fully saturated rings. The molecule has 0 bridgehead atoms. The number of hydrogen-bond donors (Lipinski definition) is 2. The van der Waals surface area contributed by atoms with Crippen molar-refractivity contribution in [2.75, 3.05) is 39.8 Å². The molecule has 6 nitrogen and oxygen atoms in total. The van der Waals surface area contributed by atoms with Crippen LogP contribution in [0.1, 0.15) is 27.7 Å². The first-order valence-electron chi connectivity index (χ1n) is 7.21. The van der Waals surface area contributed by atoms with Crippen LogP contribution in [0.4, 0.5) is 0 Å². The second-order valence-electron chi connectivity index (χ2n) is 6.46. The fourth-order valence-corrected chi connectivity index (χ4v) is 2.04. The minimum Gasteiger partial charge on any atom is -0.350 e. The fraction of sp³-hybridized carbons (Fsp3) is 0.857. The number of nitrogens with one attached hydrogen (secondary N) is 2. The molecule has 0 radical (unpaired) electrons. The van der Waals surface area contributed by atoms with Gasteiger partial charge in [0.25, 0.3) is 0 Å². The van der Waals surface area contributed by atoms with E-state index in [2.05, 4.69) is 10.6 Å². The van der Waals surface area contributed by atoms with Crippen LogP contribution in [0.5, 0.6) is 0 Å². The smallest absolute Gasteiger partial charge is 0.237 e. The first-order chi connectivity index (χ1) is 9.20. The molecular formula is C14H29ClN4O2. The predicted molar refractivity (Wildman–Crippen MR) is 86.7 cm³/mol. The van der Waals surface area contributed by atoms with Crippen LogP contribution in [0.3, 0.4) is 0 Å². The monoisotopic (exact) mass is 320 g/mol. The van der Waals surface area contributed by atoms with Crippen molar-refractivity contribution in [1.29, 1.82) is 0 Å². The Labute approximate surface area is 134 Å². The highest BCUT2D eigenvalue weighted by Crippen LogP contribution is 2.04. The van der Waals surface area contributed by atoms with Gasteiger partial charge in [-0.1, -0.05) is 0 Å². The molecule has 2 amide bonds. The minimum atomic E-state index is -0.318. The summed E-state index contributed by atoms with van der Waals surface area (Å²) in [6.07, 6.45) is 0. The quantitative estimate of drug-likeness (QED) is 0.770. The average molecular weight is 321 g/mol. The lowest BCUT2D eigenvalue weighted by Crippen LogP contribution is -2.53. The summed E-state index contributed by atoms with van der Waals surface area (Å²) in [6, 6.07) is -0.318. The highest BCUT2D eigenvalue weighted by molar-refractivity contribution is 5.85. The Balaban J connectivity index is 0.00000400. The van der Waals surface area contributed by atoms with Crippen LogP contribution in [0.25, 0.3) is 0 Å². The molecule has 21 heavy (non-hydrogen) atoms. The number of hydrogen-bond acceptors (Lipinski definition) is 4. The molecule has 124 valence electrons. The number of halogens is 1. The van der Waals surface area contributed by atoms with E-state index in [4.69, 9.17) is 0 Å². The lowest BCUT2D eigenvalue weighted by atomic mass is 10.1. The Kier molecular flexibility index (Phi) is 8.21. The summed E-state index contributed by atoms with van der Waals surface area (Å²) >= 11 is 0. The summed E-state index contributed by atoms with van der Waals surface area (Å²) in [6.45, 7) is 11.1. The number of piperazine rings is 1. The molecule has 7 heteroatoms. The van der Waals surface area contributed by atoms with Crippen molar-refractivity contribution in [2.45, 2.75) is 39.3 Å². The number of nitrogens with zero attached hydrogens (tertiary/aromatic N) is 2. The molecule has 1 aliphatic heterocycles. The summed E-state index contributed by atoms with van der Waals surface area (Å²) in [7, 11) is 1.81. The molecule has 1 saturated heterocycles. The van der Waals surface area contributed by atoms with Gasteiger partial charge in [0, 0.05) is 31.7 Å². The molecule has 0 aromatic rings. The third-order valence-electron chi connectivity index (χ3n) is 3.39. The van der Waals surface area contributed by atoms with Crippen LogP contribution in [0, 0.1) is 0 Å². The van der Waals surface area contributed by atoms with Crippen LogP contribution in [0.2, 0.25) is 0 Å². The van der Waals surface area contributed by atoms with Gasteiger partial charge in [-0.05, 0) is 34.7 Å². The lowest BCUT2D eigenvalue weighted by molar-refractivity contribution is -0.134. The minimum absolute atomic E-state index is 0. The van der Waals surface area contributed by atoms with Gasteiger partial charge in [-0.3, -0.25) is 14.5 Å². The molecule has 0 aromatic carbocycles. The van der Waals surface area contributed by atoms with Gasteiger partial charge in [-0.2, -0.15) is 0 Å². The first-order valence-corrected chi connectivity index (χ1v) is 7.21. The van der Waals surface area contributed by atoms with Crippen molar-refractivity contribution in [3.05, 3.63) is 0 Å². The summed E-state index contributed by atoms with van der Waals surface area (Å²) in [5.74, 6) is 0.0394. The third-order valence-corrected chi connectivity index (χ3v) is 3.39. The van der Waals surface area contributed by atoms with Crippen molar-refractivity contribution in [3.63, 3.8) is 0 Å². The molecule has 0 saturated carbocycles. The van der Waals surface area contributed by atoms with Crippen molar-refractivity contribution in [1.82, 2.24) is 20.4 Å². The number of amides is 2. The van der Waals surface area contributed by atoms with E-state index in [1.807, 2.05) is 39.6 Å². The van der Waals surface area contributed by atoms with Gasteiger partial charge in [-0.15, -0.1) is 12.4 Å². The molecule has 0 aliphatic carbocycles. The molecule has 0 spiro atoms. The second-order valence-corrected chi connectivity index (χ2v) is 6.46. The third kappa shape index (κ3) is 7.11. The molecule has 0 aromatic heterocycles. The highest BCUT2D eigenvalue weighted by Gasteiger charge is 2.25. The Hall–Kier alpha value is -0.850. The van der Waals surface area contributed by atoms with E-state index in [0.717, 1.165) is 26.2 Å². The van der Waals surface area contributed by atoms with E-state index < -0.39 is 0 Å². The van der Waals surface area contributed by atoms with Gasteiger partial charge in [0.05, 0.1) is 12.6 Å². The number of rotatable bonds is 4. The summed E-state index contributed by atoms with van der Waals surface area (Å²) in [5.41, 5.74) is -0.255. The average Bonchev–Trinajstić information content (AvgIpc) is 2.36. The van der Waals surface area contributed by atoms with Gasteiger partial charge in [-0.25, -0.2) is 0 Å². The van der Waals surface area contributed by atoms with Crippen molar-refractivity contribution < 1.29 is 9.59 Å². The largest absolute Gasteiger partial charge is 0.350 e. The van der Waals surface area contributed by atoms with Crippen molar-refractivity contribution in [2.24, 2.45) is 0 Å². The topological polar surface area (TPSA) is 64.7 Å². The first kappa shape index (κ1) is 20.1. The maximum atomic E-state index is 12.1. The zero-order valence-corrected chi connectivity index (χ0v) is 14.5. The van der Waals surface area contributed by atoms with E-state index in [-0.39, 0.29) is 42.3 Å². The predicted octanol–water partition coefficient (Wildman–Crippen LogP) is 0.0750. The molecule has 1 aliphatic rings. The molecular weight excluding hydrogens is 292 g/mol. The van der Waals surface area contributed by atoms with Crippen LogP contribution < -0.4 is 10.6 Å². The van der Waals surface area contributed by atoms with Crippen molar-refractivity contribution in [3.8, 4) is 0 Å². The van der Waals surface area contributed by atoms with E-state index in [9.17, 15) is 9.59 Å². The standard InChI is InChI=1S/C14H28N4O2.ClH/c1-11(13(20)16-14(2,3)4)17(5)10-12(19)18-8-6-15-7-9-18;/h11,15H,6-10H2,1-5H3,(H,16,20);1H. The molecule has 1 unspecified atom stereocenters. The van der Waals surface area contributed by atoms with E-state index in [1.54, 1.807) is 4.90 Å². The Bertz CT molecular complexity index is 351. The van der Waals surface area contributed by atoms with Crippen LogP contribution >= 0.6 is 12.4 Å². The van der Waals surface area contributed by atoms with Gasteiger partial charge in [0.2, 0.25) is 11.8 Å². The van der Waals surface area contributed by atoms with Gasteiger partial charge in [0.15, 0.2) is 0 Å². The highest BCUT2D eigenvalue weighted by atomic mass is 35.5. The lowest BCUT2D eigenvalue weighted by Gasteiger charge is -2.31. The van der Waals surface area contributed by atoms with Crippen LogP contribution in [-0.2, 0) is 9.59 Å². The van der Waals surface area contributed by atoms with Gasteiger partial charge < -0.3 is 15.5 Å². The Morgan fingerprint density at radius 1 is 1.29 bits per heavy atom. The zero-order chi connectivity index (χ0) is 15.3. The zero-order valence-electron chi connectivity index (χ0n) is 13.7. The summed E-state index contributed by atoms with van der Waals surface area (Å²) in [5, 5.41) is 6.16. The molecule has 1 rings (SSSR count). The number of likely N-dealkylation sites (N-methyl/N-ethyl adjacent to an activating group) is 1. The maximum absolute atomic E-state index is 12.1. The summed E-state index contributed by atoms with van der Waals surface area (Å²) < 4.78 is 0. The van der Waals surface area contributed by atoms with Gasteiger partial charge in [0.1, 0.15) is 0 Å². The van der Waals surface area contributed by atoms with E-state index in [0.29, 0.717) is 0 Å². The fourth-order valence-electron chi connectivity index (χ4n) is 2.04. The van der Waals surface area contributed by atoms with Crippen molar-refractivity contribution >= 4 is 24.2 Å². The van der Waals surface area contributed by atoms with Crippen LogP contribution in [0.15, 0.2) is 0 Å². The summed E-state index contributed by atoms with van der Waals surface area (Å²) in [4.78, 5) is 27.9. The number of carbonyl (C=O) groups is 2. The SMILES string of the molecule is CC(C(=O)NC(C)(C)C)N(C)CC(=O)N1CCNCC1.Cl. The number of carbonyl (C=O) groups excluding carboxylic acids is 2. The molecule has 1 atom stereocenters. The second kappa shape index (κ2) is 8.56. The maximum Gasteiger partial charge on any atom is 0.237 e. The van der Waals surface area contributed by atoms with Gasteiger partial charge >= 0.3 is 0 Å². The normalized spacial score (nSPS) is 17.1. The van der Waals surface area contributed by atoms with Crippen LogP contribution in [-0.4, -0.2) is 73.0 Å². The van der Waals surface area contributed by atoms with E-state index in [1.165, 1.54) is 0 Å².